The molecule has 1 atom stereocenters. The molecule has 0 saturated carbocycles. The minimum Gasteiger partial charge on any atom is -0.508 e. The van der Waals surface area contributed by atoms with E-state index in [9.17, 15) is 9.90 Å². The van der Waals surface area contributed by atoms with Gasteiger partial charge >= 0.3 is 6.03 Å². The van der Waals surface area contributed by atoms with Gasteiger partial charge in [0.05, 0.1) is 6.04 Å². The van der Waals surface area contributed by atoms with Crippen LogP contribution in [0.25, 0.3) is 0 Å². The van der Waals surface area contributed by atoms with Gasteiger partial charge in [0.25, 0.3) is 0 Å². The van der Waals surface area contributed by atoms with Crippen LogP contribution in [0.2, 0.25) is 0 Å². The van der Waals surface area contributed by atoms with Gasteiger partial charge in [-0.1, -0.05) is 12.1 Å². The lowest BCUT2D eigenvalue weighted by atomic mass is 10.1. The summed E-state index contributed by atoms with van der Waals surface area (Å²) < 4.78 is 0. The molecule has 0 aliphatic carbocycles. The molecule has 6 nitrogen and oxygen atoms in total. The molecule has 128 valence electrons. The SMILES string of the molecule is C[C@H](NC(=O)NC1CCN(c2nccs2)CC1)c1cccc(O)c1. The van der Waals surface area contributed by atoms with Crippen LogP contribution < -0.4 is 15.5 Å². The molecule has 1 saturated heterocycles. The molecule has 2 aromatic rings. The number of aromatic nitrogens is 1. The number of benzene rings is 1. The van der Waals surface area contributed by atoms with Crippen LogP contribution in [0.5, 0.6) is 5.75 Å². The molecule has 1 aliphatic heterocycles. The lowest BCUT2D eigenvalue weighted by Gasteiger charge is -2.32. The van der Waals surface area contributed by atoms with E-state index >= 15 is 0 Å². The molecule has 3 N–H and O–H groups in total. The van der Waals surface area contributed by atoms with E-state index in [-0.39, 0.29) is 23.9 Å². The molecular formula is C17H22N4O2S. The van der Waals surface area contributed by atoms with Crippen molar-refractivity contribution < 1.29 is 9.90 Å². The first-order valence-electron chi connectivity index (χ1n) is 8.12. The first-order valence-corrected chi connectivity index (χ1v) is 9.00. The number of aromatic hydroxyl groups is 1. The lowest BCUT2D eigenvalue weighted by Crippen LogP contribution is -2.48. The van der Waals surface area contributed by atoms with Gasteiger partial charge < -0.3 is 20.6 Å². The Morgan fingerprint density at radius 3 is 2.88 bits per heavy atom. The zero-order chi connectivity index (χ0) is 16.9. The van der Waals surface area contributed by atoms with Gasteiger partial charge in [0.1, 0.15) is 5.75 Å². The van der Waals surface area contributed by atoms with E-state index < -0.39 is 0 Å². The largest absolute Gasteiger partial charge is 0.508 e. The van der Waals surface area contributed by atoms with E-state index in [1.54, 1.807) is 29.5 Å². The summed E-state index contributed by atoms with van der Waals surface area (Å²) in [6, 6.07) is 6.79. The monoisotopic (exact) mass is 346 g/mol. The van der Waals surface area contributed by atoms with Crippen molar-refractivity contribution in [3.8, 4) is 5.75 Å². The zero-order valence-corrected chi connectivity index (χ0v) is 14.4. The number of amides is 2. The third kappa shape index (κ3) is 4.17. The molecule has 7 heteroatoms. The number of hydrogen-bond donors (Lipinski definition) is 3. The number of nitrogens with zero attached hydrogens (tertiary/aromatic N) is 2. The van der Waals surface area contributed by atoms with E-state index in [1.165, 1.54) is 0 Å². The first kappa shape index (κ1) is 16.6. The van der Waals surface area contributed by atoms with Crippen LogP contribution in [0.3, 0.4) is 0 Å². The summed E-state index contributed by atoms with van der Waals surface area (Å²) in [5.41, 5.74) is 0.878. The number of phenols is 1. The molecule has 1 aromatic heterocycles. The quantitative estimate of drug-likeness (QED) is 0.795. The first-order chi connectivity index (χ1) is 11.6. The average Bonchev–Trinajstić information content (AvgIpc) is 3.10. The highest BCUT2D eigenvalue weighted by atomic mass is 32.1. The summed E-state index contributed by atoms with van der Waals surface area (Å²) in [6.45, 7) is 3.71. The minimum atomic E-state index is -0.168. The Morgan fingerprint density at radius 1 is 1.42 bits per heavy atom. The fourth-order valence-corrected chi connectivity index (χ4v) is 3.59. The number of urea groups is 1. The fraction of sp³-hybridized carbons (Fsp3) is 0.412. The van der Waals surface area contributed by atoms with Crippen molar-refractivity contribution >= 4 is 22.5 Å². The Balaban J connectivity index is 1.46. The predicted octanol–water partition coefficient (Wildman–Crippen LogP) is 2.88. The van der Waals surface area contributed by atoms with Gasteiger partial charge in [-0.25, -0.2) is 9.78 Å². The molecule has 0 spiro atoms. The van der Waals surface area contributed by atoms with Crippen molar-refractivity contribution in [3.05, 3.63) is 41.4 Å². The highest BCUT2D eigenvalue weighted by Crippen LogP contribution is 2.22. The Bertz CT molecular complexity index is 669. The van der Waals surface area contributed by atoms with E-state index in [2.05, 4.69) is 20.5 Å². The maximum absolute atomic E-state index is 12.2. The number of piperidine rings is 1. The van der Waals surface area contributed by atoms with Gasteiger partial charge in [-0.3, -0.25) is 0 Å². The van der Waals surface area contributed by atoms with Crippen molar-refractivity contribution in [2.75, 3.05) is 18.0 Å². The molecule has 1 aliphatic rings. The Hall–Kier alpha value is -2.28. The summed E-state index contributed by atoms with van der Waals surface area (Å²) in [4.78, 5) is 18.8. The molecule has 3 rings (SSSR count). The molecule has 0 unspecified atom stereocenters. The second-order valence-electron chi connectivity index (χ2n) is 6.01. The Kier molecular flexibility index (Phi) is 5.20. The number of rotatable bonds is 4. The number of hydrogen-bond acceptors (Lipinski definition) is 5. The summed E-state index contributed by atoms with van der Waals surface area (Å²) in [5.74, 6) is 0.205. The standard InChI is InChI=1S/C17H22N4O2S/c1-12(13-3-2-4-15(22)11-13)19-16(23)20-14-5-8-21(9-6-14)17-18-7-10-24-17/h2-4,7,10-12,14,22H,5-6,8-9H2,1H3,(H2,19,20,23)/t12-/m0/s1. The molecule has 1 aromatic carbocycles. The lowest BCUT2D eigenvalue weighted by molar-refractivity contribution is 0.231. The van der Waals surface area contributed by atoms with Crippen molar-refractivity contribution in [3.63, 3.8) is 0 Å². The van der Waals surface area contributed by atoms with E-state index in [0.717, 1.165) is 36.6 Å². The van der Waals surface area contributed by atoms with Crippen LogP contribution in [0, 0.1) is 0 Å². The van der Waals surface area contributed by atoms with Crippen LogP contribution >= 0.6 is 11.3 Å². The van der Waals surface area contributed by atoms with Gasteiger partial charge in [-0.15, -0.1) is 11.3 Å². The van der Waals surface area contributed by atoms with E-state index in [1.807, 2.05) is 24.6 Å². The number of anilines is 1. The molecule has 2 heterocycles. The van der Waals surface area contributed by atoms with Crippen molar-refractivity contribution in [2.24, 2.45) is 0 Å². The Morgan fingerprint density at radius 2 is 2.21 bits per heavy atom. The predicted molar refractivity (Wildman–Crippen MR) is 95.5 cm³/mol. The second-order valence-corrected chi connectivity index (χ2v) is 6.88. The highest BCUT2D eigenvalue weighted by molar-refractivity contribution is 7.13. The van der Waals surface area contributed by atoms with E-state index in [4.69, 9.17) is 0 Å². The van der Waals surface area contributed by atoms with Crippen LogP contribution in [-0.4, -0.2) is 35.3 Å². The minimum absolute atomic E-state index is 0.160. The smallest absolute Gasteiger partial charge is 0.315 e. The third-order valence-electron chi connectivity index (χ3n) is 4.24. The maximum atomic E-state index is 12.2. The molecule has 0 radical (unpaired) electrons. The van der Waals surface area contributed by atoms with E-state index in [0.29, 0.717) is 0 Å². The van der Waals surface area contributed by atoms with Crippen LogP contribution in [-0.2, 0) is 0 Å². The normalized spacial score (nSPS) is 16.6. The van der Waals surface area contributed by atoms with Crippen LogP contribution in [0.15, 0.2) is 35.8 Å². The summed E-state index contributed by atoms with van der Waals surface area (Å²) in [5, 5.41) is 18.5. The van der Waals surface area contributed by atoms with Gasteiger partial charge in [-0.2, -0.15) is 0 Å². The zero-order valence-electron chi connectivity index (χ0n) is 13.6. The third-order valence-corrected chi connectivity index (χ3v) is 5.07. The summed E-state index contributed by atoms with van der Waals surface area (Å²) in [7, 11) is 0. The van der Waals surface area contributed by atoms with Crippen molar-refractivity contribution in [1.29, 1.82) is 0 Å². The van der Waals surface area contributed by atoms with Gasteiger partial charge in [0.15, 0.2) is 5.13 Å². The van der Waals surface area contributed by atoms with Gasteiger partial charge in [0.2, 0.25) is 0 Å². The maximum Gasteiger partial charge on any atom is 0.315 e. The second kappa shape index (κ2) is 7.53. The highest BCUT2D eigenvalue weighted by Gasteiger charge is 2.22. The number of phenolic OH excluding ortho intramolecular Hbond substituents is 1. The summed E-state index contributed by atoms with van der Waals surface area (Å²) >= 11 is 1.65. The molecule has 2 amide bonds. The van der Waals surface area contributed by atoms with Gasteiger partial charge in [-0.05, 0) is 37.5 Å². The van der Waals surface area contributed by atoms with Crippen molar-refractivity contribution in [2.45, 2.75) is 31.8 Å². The fourth-order valence-electron chi connectivity index (χ4n) is 2.89. The molecule has 1 fully saturated rings. The number of carbonyl (C=O) groups is 1. The Labute approximate surface area is 145 Å². The number of thiazole rings is 1. The molecular weight excluding hydrogens is 324 g/mol. The van der Waals surface area contributed by atoms with Crippen LogP contribution in [0.1, 0.15) is 31.4 Å². The average molecular weight is 346 g/mol. The summed E-state index contributed by atoms with van der Waals surface area (Å²) in [6.07, 6.45) is 3.64. The molecule has 24 heavy (non-hydrogen) atoms. The number of carbonyl (C=O) groups excluding carboxylic acids is 1. The topological polar surface area (TPSA) is 77.5 Å². The van der Waals surface area contributed by atoms with Crippen molar-refractivity contribution in [1.82, 2.24) is 15.6 Å². The van der Waals surface area contributed by atoms with Gasteiger partial charge in [0, 0.05) is 30.7 Å². The number of nitrogens with one attached hydrogen (secondary N) is 2. The molecule has 0 bridgehead atoms. The van der Waals surface area contributed by atoms with Crippen LogP contribution in [0.4, 0.5) is 9.93 Å².